The van der Waals surface area contributed by atoms with Gasteiger partial charge in [0.15, 0.2) is 12.0 Å². The molecule has 1 saturated heterocycles. The SMILES string of the molecule is O=C(c1nc2n(n1)[C@H](c1ccccc1)C[C@@H]2F)N(CC(F)(F)F)C1COC1. The molecular weight excluding hydrogens is 368 g/mol. The Morgan fingerprint density at radius 2 is 1.96 bits per heavy atom. The number of hydrogen-bond donors (Lipinski definition) is 0. The van der Waals surface area contributed by atoms with E-state index in [0.717, 1.165) is 5.56 Å². The van der Waals surface area contributed by atoms with Crippen molar-refractivity contribution in [1.29, 1.82) is 0 Å². The molecule has 10 heteroatoms. The van der Waals surface area contributed by atoms with Gasteiger partial charge in [0.25, 0.3) is 5.91 Å². The maximum absolute atomic E-state index is 14.4. The highest BCUT2D eigenvalue weighted by Gasteiger charge is 2.42. The smallest absolute Gasteiger partial charge is 0.377 e. The van der Waals surface area contributed by atoms with Crippen LogP contribution in [0.25, 0.3) is 0 Å². The van der Waals surface area contributed by atoms with Gasteiger partial charge >= 0.3 is 6.18 Å². The van der Waals surface area contributed by atoms with E-state index in [0.29, 0.717) is 4.90 Å². The molecule has 0 saturated carbocycles. The van der Waals surface area contributed by atoms with Gasteiger partial charge in [-0.2, -0.15) is 13.2 Å². The van der Waals surface area contributed by atoms with Gasteiger partial charge in [0.1, 0.15) is 6.54 Å². The number of hydrogen-bond acceptors (Lipinski definition) is 4. The molecule has 1 fully saturated rings. The fourth-order valence-electron chi connectivity index (χ4n) is 3.31. The van der Waals surface area contributed by atoms with E-state index >= 15 is 0 Å². The fourth-order valence-corrected chi connectivity index (χ4v) is 3.31. The van der Waals surface area contributed by atoms with E-state index in [-0.39, 0.29) is 25.5 Å². The summed E-state index contributed by atoms with van der Waals surface area (Å²) in [7, 11) is 0. The molecule has 0 unspecified atom stereocenters. The number of alkyl halides is 4. The highest BCUT2D eigenvalue weighted by Crippen LogP contribution is 2.39. The molecule has 0 bridgehead atoms. The molecule has 0 N–H and O–H groups in total. The minimum absolute atomic E-state index is 0.0216. The summed E-state index contributed by atoms with van der Waals surface area (Å²) < 4.78 is 59.2. The molecular formula is C17H16F4N4O2. The Morgan fingerprint density at radius 3 is 2.56 bits per heavy atom. The highest BCUT2D eigenvalue weighted by molar-refractivity contribution is 5.90. The van der Waals surface area contributed by atoms with Crippen LogP contribution < -0.4 is 0 Å². The van der Waals surface area contributed by atoms with Gasteiger partial charge in [0.2, 0.25) is 5.82 Å². The van der Waals surface area contributed by atoms with Crippen LogP contribution in [0, 0.1) is 0 Å². The van der Waals surface area contributed by atoms with E-state index in [1.807, 2.05) is 6.07 Å². The van der Waals surface area contributed by atoms with Gasteiger partial charge in [-0.15, -0.1) is 5.10 Å². The van der Waals surface area contributed by atoms with Gasteiger partial charge in [-0.1, -0.05) is 30.3 Å². The lowest BCUT2D eigenvalue weighted by atomic mass is 10.0. The zero-order chi connectivity index (χ0) is 19.2. The molecule has 0 aliphatic carbocycles. The molecule has 0 radical (unpaired) electrons. The lowest BCUT2D eigenvalue weighted by Gasteiger charge is -2.36. The zero-order valence-electron chi connectivity index (χ0n) is 14.1. The zero-order valence-corrected chi connectivity index (χ0v) is 14.1. The Balaban J connectivity index is 1.63. The van der Waals surface area contributed by atoms with Gasteiger partial charge in [-0.05, 0) is 5.56 Å². The number of halogens is 4. The van der Waals surface area contributed by atoms with Gasteiger partial charge in [0.05, 0.1) is 25.3 Å². The summed E-state index contributed by atoms with van der Waals surface area (Å²) in [4.78, 5) is 17.2. The summed E-state index contributed by atoms with van der Waals surface area (Å²) in [5.74, 6) is -1.44. The van der Waals surface area contributed by atoms with Crippen molar-refractivity contribution >= 4 is 5.91 Å². The van der Waals surface area contributed by atoms with E-state index in [1.54, 1.807) is 24.3 Å². The third kappa shape index (κ3) is 3.41. The van der Waals surface area contributed by atoms with Crippen LogP contribution in [0.4, 0.5) is 17.6 Å². The van der Waals surface area contributed by atoms with E-state index in [2.05, 4.69) is 10.1 Å². The van der Waals surface area contributed by atoms with Gasteiger partial charge < -0.3 is 9.64 Å². The summed E-state index contributed by atoms with van der Waals surface area (Å²) >= 11 is 0. The first-order chi connectivity index (χ1) is 12.8. The molecule has 3 heterocycles. The average molecular weight is 384 g/mol. The molecule has 1 aromatic heterocycles. The topological polar surface area (TPSA) is 60.2 Å². The average Bonchev–Trinajstić information content (AvgIpc) is 3.12. The van der Waals surface area contributed by atoms with E-state index in [1.165, 1.54) is 4.68 Å². The van der Waals surface area contributed by atoms with Crippen molar-refractivity contribution in [3.8, 4) is 0 Å². The molecule has 2 atom stereocenters. The van der Waals surface area contributed by atoms with Crippen LogP contribution >= 0.6 is 0 Å². The van der Waals surface area contributed by atoms with Crippen molar-refractivity contribution < 1.29 is 27.1 Å². The molecule has 1 aromatic carbocycles. The largest absolute Gasteiger partial charge is 0.406 e. The highest BCUT2D eigenvalue weighted by atomic mass is 19.4. The summed E-state index contributed by atoms with van der Waals surface area (Å²) in [6.07, 6.45) is -5.88. The minimum Gasteiger partial charge on any atom is -0.377 e. The fraction of sp³-hybridized carbons (Fsp3) is 0.471. The second-order valence-electron chi connectivity index (χ2n) is 6.61. The van der Waals surface area contributed by atoms with Crippen LogP contribution in [0.5, 0.6) is 0 Å². The quantitative estimate of drug-likeness (QED) is 0.761. The number of amides is 1. The summed E-state index contributed by atoms with van der Waals surface area (Å²) in [5.41, 5.74) is 0.794. The van der Waals surface area contributed by atoms with E-state index in [4.69, 9.17) is 4.74 Å². The van der Waals surface area contributed by atoms with Crippen LogP contribution in [0.2, 0.25) is 0 Å². The predicted octanol–water partition coefficient (Wildman–Crippen LogP) is 2.69. The lowest BCUT2D eigenvalue weighted by molar-refractivity contribution is -0.159. The van der Waals surface area contributed by atoms with E-state index in [9.17, 15) is 22.4 Å². The number of nitrogens with zero attached hydrogens (tertiary/aromatic N) is 4. The number of aromatic nitrogens is 3. The molecule has 4 rings (SSSR count). The summed E-state index contributed by atoms with van der Waals surface area (Å²) in [5, 5.41) is 4.06. The maximum atomic E-state index is 14.4. The molecule has 27 heavy (non-hydrogen) atoms. The van der Waals surface area contributed by atoms with Crippen molar-refractivity contribution in [3.05, 3.63) is 47.5 Å². The number of carbonyl (C=O) groups excluding carboxylic acids is 1. The van der Waals surface area contributed by atoms with Gasteiger partial charge in [0, 0.05) is 6.42 Å². The standard InChI is InChI=1S/C17H16F4N4O2/c18-12-6-13(10-4-2-1-3-5-10)25-15(12)22-14(23-25)16(26)24(9-17(19,20)21)11-7-27-8-11/h1-5,11-13H,6-9H2/t12-,13-/m0/s1. The molecule has 6 nitrogen and oxygen atoms in total. The molecule has 2 aliphatic heterocycles. The number of carbonyl (C=O) groups is 1. The number of rotatable bonds is 4. The van der Waals surface area contributed by atoms with Crippen LogP contribution in [0.3, 0.4) is 0 Å². The van der Waals surface area contributed by atoms with Crippen LogP contribution in [-0.2, 0) is 4.74 Å². The Labute approximate surface area is 151 Å². The van der Waals surface area contributed by atoms with Crippen LogP contribution in [0.1, 0.15) is 40.6 Å². The Hall–Kier alpha value is -2.49. The molecule has 1 amide bonds. The summed E-state index contributed by atoms with van der Waals surface area (Å²) in [6.45, 7) is -1.38. The number of benzene rings is 1. The van der Waals surface area contributed by atoms with Crippen molar-refractivity contribution in [1.82, 2.24) is 19.7 Å². The first kappa shape index (κ1) is 17.9. The van der Waals surface area contributed by atoms with Crippen molar-refractivity contribution in [2.75, 3.05) is 19.8 Å². The van der Waals surface area contributed by atoms with Gasteiger partial charge in [-0.25, -0.2) is 14.1 Å². The molecule has 2 aromatic rings. The number of ether oxygens (including phenoxy) is 1. The van der Waals surface area contributed by atoms with Crippen LogP contribution in [-0.4, -0.2) is 57.5 Å². The predicted molar refractivity (Wildman–Crippen MR) is 84.8 cm³/mol. The van der Waals surface area contributed by atoms with Gasteiger partial charge in [-0.3, -0.25) is 4.79 Å². The Morgan fingerprint density at radius 1 is 1.26 bits per heavy atom. The Kier molecular flexibility index (Phi) is 4.37. The van der Waals surface area contributed by atoms with Crippen molar-refractivity contribution in [3.63, 3.8) is 0 Å². The van der Waals surface area contributed by atoms with E-state index < -0.39 is 42.7 Å². The second-order valence-corrected chi connectivity index (χ2v) is 6.61. The first-order valence-corrected chi connectivity index (χ1v) is 8.44. The summed E-state index contributed by atoms with van der Waals surface area (Å²) in [6, 6.07) is 7.88. The third-order valence-corrected chi connectivity index (χ3v) is 4.71. The molecule has 2 aliphatic rings. The third-order valence-electron chi connectivity index (χ3n) is 4.71. The minimum atomic E-state index is -4.57. The lowest BCUT2D eigenvalue weighted by Crippen LogP contribution is -2.54. The second kappa shape index (κ2) is 6.59. The Bertz CT molecular complexity index is 835. The number of fused-ring (bicyclic) bond motifs is 1. The molecule has 0 spiro atoms. The monoisotopic (exact) mass is 384 g/mol. The maximum Gasteiger partial charge on any atom is 0.406 e. The normalized spacial score (nSPS) is 22.4. The van der Waals surface area contributed by atoms with Crippen molar-refractivity contribution in [2.24, 2.45) is 0 Å². The van der Waals surface area contributed by atoms with Crippen molar-refractivity contribution in [2.45, 2.75) is 30.9 Å². The first-order valence-electron chi connectivity index (χ1n) is 8.44. The molecule has 144 valence electrons. The van der Waals surface area contributed by atoms with Crippen LogP contribution in [0.15, 0.2) is 30.3 Å².